The Bertz CT molecular complexity index is 977. The number of ether oxygens (including phenoxy) is 1. The first-order valence-electron chi connectivity index (χ1n) is 11.0. The fraction of sp³-hybridized carbons (Fsp3) is 0.417. The predicted octanol–water partition coefficient (Wildman–Crippen LogP) is 2.34. The molecule has 7 nitrogen and oxygen atoms in total. The van der Waals surface area contributed by atoms with E-state index in [1.807, 2.05) is 0 Å². The number of anilines is 2. The van der Waals surface area contributed by atoms with Gasteiger partial charge in [0.05, 0.1) is 19.3 Å². The fourth-order valence-electron chi connectivity index (χ4n) is 4.38. The number of amides is 2. The summed E-state index contributed by atoms with van der Waals surface area (Å²) in [6.45, 7) is 4.14. The third kappa shape index (κ3) is 5.26. The van der Waals surface area contributed by atoms with Crippen molar-refractivity contribution in [3.05, 3.63) is 59.4 Å². The van der Waals surface area contributed by atoms with Crippen LogP contribution >= 0.6 is 0 Å². The summed E-state index contributed by atoms with van der Waals surface area (Å²) >= 11 is 0. The number of carbonyl (C=O) groups is 2. The Morgan fingerprint density at radius 2 is 1.91 bits per heavy atom. The van der Waals surface area contributed by atoms with Gasteiger partial charge in [0.15, 0.2) is 0 Å². The van der Waals surface area contributed by atoms with Crippen LogP contribution in [0.2, 0.25) is 0 Å². The minimum absolute atomic E-state index is 0.0673. The van der Waals surface area contributed by atoms with Crippen LogP contribution < -0.4 is 15.5 Å². The van der Waals surface area contributed by atoms with Crippen molar-refractivity contribution in [2.75, 3.05) is 56.7 Å². The lowest BCUT2D eigenvalue weighted by molar-refractivity contribution is -0.136. The van der Waals surface area contributed by atoms with Gasteiger partial charge in [-0.15, -0.1) is 0 Å². The number of fused-ring (bicyclic) bond motifs is 1. The Morgan fingerprint density at radius 3 is 2.69 bits per heavy atom. The van der Waals surface area contributed by atoms with E-state index in [0.717, 1.165) is 38.0 Å². The summed E-state index contributed by atoms with van der Waals surface area (Å²) in [5, 5.41) is 5.21. The van der Waals surface area contributed by atoms with E-state index in [9.17, 15) is 14.0 Å². The van der Waals surface area contributed by atoms with Crippen LogP contribution in [0.25, 0.3) is 0 Å². The van der Waals surface area contributed by atoms with Crippen molar-refractivity contribution in [1.29, 1.82) is 0 Å². The van der Waals surface area contributed by atoms with Crippen molar-refractivity contribution in [2.45, 2.75) is 18.9 Å². The second-order valence-electron chi connectivity index (χ2n) is 8.25. The minimum atomic E-state index is -0.816. The lowest BCUT2D eigenvalue weighted by Gasteiger charge is -2.36. The molecular formula is C24H29FN4O3. The number of hydrogen-bond acceptors (Lipinski definition) is 5. The molecule has 0 bridgehead atoms. The molecular weight excluding hydrogens is 411 g/mol. The summed E-state index contributed by atoms with van der Waals surface area (Å²) in [6, 6.07) is 11.9. The zero-order valence-electron chi connectivity index (χ0n) is 18.3. The van der Waals surface area contributed by atoms with Crippen LogP contribution in [0.3, 0.4) is 0 Å². The Labute approximate surface area is 187 Å². The zero-order chi connectivity index (χ0) is 22.5. The summed E-state index contributed by atoms with van der Waals surface area (Å²) < 4.78 is 18.8. The summed E-state index contributed by atoms with van der Waals surface area (Å²) in [4.78, 5) is 29.3. The maximum absolute atomic E-state index is 13.3. The Kier molecular flexibility index (Phi) is 7.02. The molecule has 0 unspecified atom stereocenters. The number of hydrogen-bond donors (Lipinski definition) is 2. The predicted molar refractivity (Wildman–Crippen MR) is 121 cm³/mol. The maximum atomic E-state index is 13.3. The Balaban J connectivity index is 1.46. The van der Waals surface area contributed by atoms with Crippen LogP contribution in [-0.4, -0.2) is 63.2 Å². The molecule has 0 saturated carbocycles. The number of halogens is 1. The van der Waals surface area contributed by atoms with Gasteiger partial charge in [0.25, 0.3) is 0 Å². The molecule has 1 atom stereocenters. The van der Waals surface area contributed by atoms with E-state index in [4.69, 9.17) is 4.74 Å². The molecule has 8 heteroatoms. The SMILES string of the molecule is CN1CCCc2cc([C@H](CNC(=O)C(=O)Nc3cccc(F)c3)N3CCOCC3)ccc21. The van der Waals surface area contributed by atoms with Crippen molar-refractivity contribution >= 4 is 23.2 Å². The van der Waals surface area contributed by atoms with E-state index in [-0.39, 0.29) is 11.7 Å². The van der Waals surface area contributed by atoms with E-state index in [1.165, 1.54) is 35.5 Å². The molecule has 0 spiro atoms. The molecule has 4 rings (SSSR count). The lowest BCUT2D eigenvalue weighted by atomic mass is 9.95. The molecule has 0 aliphatic carbocycles. The zero-order valence-corrected chi connectivity index (χ0v) is 18.3. The monoisotopic (exact) mass is 440 g/mol. The van der Waals surface area contributed by atoms with Gasteiger partial charge in [0.2, 0.25) is 0 Å². The van der Waals surface area contributed by atoms with Gasteiger partial charge in [-0.05, 0) is 48.2 Å². The molecule has 2 N–H and O–H groups in total. The standard InChI is InChI=1S/C24H29FN4O3/c1-28-9-3-4-17-14-18(7-8-21(17)28)22(29-10-12-32-13-11-29)16-26-23(30)24(31)27-20-6-2-5-19(25)15-20/h2,5-8,14-15,22H,3-4,9-13,16H2,1H3,(H,26,30)(H,27,31)/t22-/m0/s1. The largest absolute Gasteiger partial charge is 0.379 e. The van der Waals surface area contributed by atoms with Crippen LogP contribution in [0.1, 0.15) is 23.6 Å². The molecule has 2 amide bonds. The third-order valence-electron chi connectivity index (χ3n) is 6.07. The van der Waals surface area contributed by atoms with E-state index in [2.05, 4.69) is 45.7 Å². The summed E-state index contributed by atoms with van der Waals surface area (Å²) in [5.74, 6) is -2.04. The lowest BCUT2D eigenvalue weighted by Crippen LogP contribution is -2.45. The van der Waals surface area contributed by atoms with Crippen molar-refractivity contribution in [2.24, 2.45) is 0 Å². The highest BCUT2D eigenvalue weighted by molar-refractivity contribution is 6.39. The van der Waals surface area contributed by atoms with Crippen molar-refractivity contribution in [1.82, 2.24) is 10.2 Å². The second kappa shape index (κ2) is 10.1. The number of aryl methyl sites for hydroxylation is 1. The van der Waals surface area contributed by atoms with Crippen molar-refractivity contribution < 1.29 is 18.7 Å². The molecule has 2 aliphatic rings. The Morgan fingerprint density at radius 1 is 1.09 bits per heavy atom. The van der Waals surface area contributed by atoms with Gasteiger partial charge in [-0.2, -0.15) is 0 Å². The second-order valence-corrected chi connectivity index (χ2v) is 8.25. The Hall–Kier alpha value is -2.97. The molecule has 0 aromatic heterocycles. The van der Waals surface area contributed by atoms with Gasteiger partial charge < -0.3 is 20.3 Å². The van der Waals surface area contributed by atoms with E-state index in [0.29, 0.717) is 19.8 Å². The highest BCUT2D eigenvalue weighted by Crippen LogP contribution is 2.30. The quantitative estimate of drug-likeness (QED) is 0.699. The molecule has 1 fully saturated rings. The number of nitrogens with one attached hydrogen (secondary N) is 2. The average Bonchev–Trinajstić information content (AvgIpc) is 2.80. The van der Waals surface area contributed by atoms with Gasteiger partial charge in [-0.25, -0.2) is 4.39 Å². The first kappa shape index (κ1) is 22.2. The number of nitrogens with zero attached hydrogens (tertiary/aromatic N) is 2. The maximum Gasteiger partial charge on any atom is 0.313 e. The van der Waals surface area contributed by atoms with Gasteiger partial charge in [-0.1, -0.05) is 18.2 Å². The van der Waals surface area contributed by atoms with Crippen LogP contribution in [0, 0.1) is 5.82 Å². The molecule has 0 radical (unpaired) electrons. The van der Waals surface area contributed by atoms with Gasteiger partial charge >= 0.3 is 11.8 Å². The molecule has 2 aliphatic heterocycles. The van der Waals surface area contributed by atoms with Crippen LogP contribution in [-0.2, 0) is 20.7 Å². The molecule has 2 aromatic rings. The number of carbonyl (C=O) groups excluding carboxylic acids is 2. The highest BCUT2D eigenvalue weighted by atomic mass is 19.1. The molecule has 1 saturated heterocycles. The fourth-order valence-corrected chi connectivity index (χ4v) is 4.38. The smallest absolute Gasteiger partial charge is 0.313 e. The number of rotatable bonds is 5. The normalized spacial score (nSPS) is 17.4. The molecule has 2 heterocycles. The summed E-state index contributed by atoms with van der Waals surface area (Å²) in [7, 11) is 2.11. The topological polar surface area (TPSA) is 73.9 Å². The van der Waals surface area contributed by atoms with E-state index >= 15 is 0 Å². The van der Waals surface area contributed by atoms with Crippen molar-refractivity contribution in [3.8, 4) is 0 Å². The van der Waals surface area contributed by atoms with Crippen LogP contribution in [0.15, 0.2) is 42.5 Å². The summed E-state index contributed by atoms with van der Waals surface area (Å²) in [6.07, 6.45) is 2.15. The first-order valence-corrected chi connectivity index (χ1v) is 11.0. The first-order chi connectivity index (χ1) is 15.5. The molecule has 170 valence electrons. The van der Waals surface area contributed by atoms with E-state index in [1.54, 1.807) is 0 Å². The average molecular weight is 441 g/mol. The molecule has 2 aromatic carbocycles. The highest BCUT2D eigenvalue weighted by Gasteiger charge is 2.26. The number of morpholine rings is 1. The van der Waals surface area contributed by atoms with Gasteiger partial charge in [0, 0.05) is 44.6 Å². The van der Waals surface area contributed by atoms with Crippen LogP contribution in [0.5, 0.6) is 0 Å². The minimum Gasteiger partial charge on any atom is -0.379 e. The van der Waals surface area contributed by atoms with Gasteiger partial charge in [-0.3, -0.25) is 14.5 Å². The third-order valence-corrected chi connectivity index (χ3v) is 6.07. The number of benzene rings is 2. The van der Waals surface area contributed by atoms with Crippen LogP contribution in [0.4, 0.5) is 15.8 Å². The molecule has 32 heavy (non-hydrogen) atoms. The van der Waals surface area contributed by atoms with Gasteiger partial charge in [0.1, 0.15) is 5.82 Å². The summed E-state index contributed by atoms with van der Waals surface area (Å²) in [5.41, 5.74) is 3.92. The van der Waals surface area contributed by atoms with Crippen molar-refractivity contribution in [3.63, 3.8) is 0 Å². The van der Waals surface area contributed by atoms with E-state index < -0.39 is 17.6 Å².